The highest BCUT2D eigenvalue weighted by atomic mass is 16.5. The third kappa shape index (κ3) is 4.31. The summed E-state index contributed by atoms with van der Waals surface area (Å²) in [6.45, 7) is 5.97. The monoisotopic (exact) mass is 574 g/mol. The number of phenols is 2. The molecule has 12 nitrogen and oxygen atoms in total. The average molecular weight is 575 g/mol. The Bertz CT molecular complexity index is 1700. The Morgan fingerprint density at radius 2 is 1.83 bits per heavy atom. The van der Waals surface area contributed by atoms with E-state index in [1.54, 1.807) is 26.2 Å². The third-order valence-electron chi connectivity index (χ3n) is 7.66. The molecule has 12 heteroatoms. The summed E-state index contributed by atoms with van der Waals surface area (Å²) in [7, 11) is 3.09. The number of carbonyl (C=O) groups is 3. The summed E-state index contributed by atoms with van der Waals surface area (Å²) in [5, 5.41) is 32.0. The summed E-state index contributed by atoms with van der Waals surface area (Å²) in [6.07, 6.45) is 1.17. The molecule has 1 aliphatic heterocycles. The lowest BCUT2D eigenvalue weighted by molar-refractivity contribution is -0.123. The Labute approximate surface area is 241 Å². The summed E-state index contributed by atoms with van der Waals surface area (Å²) in [4.78, 5) is 44.6. The largest absolute Gasteiger partial charge is 0.507 e. The number of Topliss-reactive ketones (excluding diaryl/α,β-unsaturated/α-hetero) is 2. The second-order valence-electron chi connectivity index (χ2n) is 10.3. The van der Waals surface area contributed by atoms with Crippen molar-refractivity contribution in [3.63, 3.8) is 0 Å². The zero-order valence-corrected chi connectivity index (χ0v) is 23.9. The van der Waals surface area contributed by atoms with Crippen LogP contribution in [-0.2, 0) is 26.3 Å². The summed E-state index contributed by atoms with van der Waals surface area (Å²) in [6, 6.07) is 6.46. The molecule has 0 amide bonds. The van der Waals surface area contributed by atoms with E-state index < -0.39 is 40.3 Å². The van der Waals surface area contributed by atoms with E-state index in [9.17, 15) is 24.6 Å². The van der Waals surface area contributed by atoms with Gasteiger partial charge in [0.25, 0.3) is 0 Å². The first-order valence-electron chi connectivity index (χ1n) is 13.0. The Balaban J connectivity index is 1.62. The highest BCUT2D eigenvalue weighted by Gasteiger charge is 2.56. The molecule has 0 fully saturated rings. The molecule has 2 aromatic carbocycles. The number of nitrogens with zero attached hydrogens (tertiary/aromatic N) is 2. The number of hydrogen-bond acceptors (Lipinski definition) is 11. The lowest BCUT2D eigenvalue weighted by Gasteiger charge is -2.29. The number of hydrogen-bond donors (Lipinski definition) is 4. The van der Waals surface area contributed by atoms with Gasteiger partial charge in [-0.25, -0.2) is 4.98 Å². The van der Waals surface area contributed by atoms with Crippen molar-refractivity contribution in [3.8, 4) is 23.0 Å². The normalized spacial score (nSPS) is 19.4. The van der Waals surface area contributed by atoms with Gasteiger partial charge in [-0.05, 0) is 45.4 Å². The van der Waals surface area contributed by atoms with Crippen molar-refractivity contribution in [2.24, 2.45) is 0 Å². The zero-order valence-electron chi connectivity index (χ0n) is 23.9. The highest BCUT2D eigenvalue weighted by Crippen LogP contribution is 2.57. The van der Waals surface area contributed by atoms with E-state index in [4.69, 9.17) is 14.2 Å². The molecule has 1 aliphatic carbocycles. The molecule has 2 aliphatic rings. The molecule has 2 atom stereocenters. The van der Waals surface area contributed by atoms with E-state index in [-0.39, 0.29) is 46.1 Å². The number of phenolic OH excluding ortho intramolecular Hbond substituents is 2. The Morgan fingerprint density at radius 1 is 1.14 bits per heavy atom. The minimum Gasteiger partial charge on any atom is -0.507 e. The zero-order chi connectivity index (χ0) is 30.5. The molecule has 0 spiro atoms. The van der Waals surface area contributed by atoms with Gasteiger partial charge in [-0.15, -0.1) is 0 Å². The number of aromatic amines is 1. The molecule has 42 heavy (non-hydrogen) atoms. The van der Waals surface area contributed by atoms with Crippen molar-refractivity contribution in [1.29, 1.82) is 0 Å². The van der Waals surface area contributed by atoms with Crippen LogP contribution in [0.15, 0.2) is 47.4 Å². The van der Waals surface area contributed by atoms with Gasteiger partial charge in [0.15, 0.2) is 29.0 Å². The van der Waals surface area contributed by atoms with Crippen LogP contribution in [0.4, 0.5) is 0 Å². The number of nitrogens with one attached hydrogen (secondary N) is 2. The molecule has 218 valence electrons. The van der Waals surface area contributed by atoms with Crippen LogP contribution >= 0.6 is 0 Å². The first-order valence-corrected chi connectivity index (χ1v) is 13.0. The maximum atomic E-state index is 14.2. The molecule has 3 aromatic rings. The first-order chi connectivity index (χ1) is 19.9. The van der Waals surface area contributed by atoms with Gasteiger partial charge in [-0.2, -0.15) is 5.10 Å². The van der Waals surface area contributed by atoms with Gasteiger partial charge < -0.3 is 29.7 Å². The lowest BCUT2D eigenvalue weighted by Crippen LogP contribution is -2.41. The summed E-state index contributed by atoms with van der Waals surface area (Å²) in [5.74, 6) is -1.37. The number of aromatic nitrogens is 3. The van der Waals surface area contributed by atoms with Crippen LogP contribution in [0, 0.1) is 6.92 Å². The number of ether oxygens (including phenoxy) is 3. The van der Waals surface area contributed by atoms with Crippen LogP contribution in [0.5, 0.6) is 23.0 Å². The van der Waals surface area contributed by atoms with E-state index in [1.807, 2.05) is 12.1 Å². The Kier molecular flexibility index (Phi) is 7.11. The van der Waals surface area contributed by atoms with Crippen molar-refractivity contribution < 1.29 is 38.8 Å². The van der Waals surface area contributed by atoms with Crippen LogP contribution in [0.25, 0.3) is 0 Å². The fourth-order valence-corrected chi connectivity index (χ4v) is 5.38. The fourth-order valence-electron chi connectivity index (χ4n) is 5.38. The second kappa shape index (κ2) is 10.5. The molecule has 0 saturated heterocycles. The summed E-state index contributed by atoms with van der Waals surface area (Å²) in [5.41, 5.74) is -0.989. The third-order valence-corrected chi connectivity index (χ3v) is 7.66. The molecule has 1 aromatic heterocycles. The molecule has 5 rings (SSSR count). The van der Waals surface area contributed by atoms with E-state index in [0.717, 1.165) is 5.56 Å². The standard InChI is InChI=1S/C30H30N4O8/c1-13-25(37)22(15(3)35)27-23(26(13)38)30(4)19(42-27)11-18(36)21(28(30)39)14(2)31-24(16-7-9-17(41-6)10-8-16)29-32-20(12-40-5)33-34-29/h7-11,24,31,37-38H,12H2,1-6H3,(H,32,33,34)/b21-14+/t24-,30+/m1/s1. The highest BCUT2D eigenvalue weighted by molar-refractivity contribution is 6.31. The van der Waals surface area contributed by atoms with Gasteiger partial charge in [0.2, 0.25) is 0 Å². The quantitative estimate of drug-likeness (QED) is 0.177. The molecule has 0 radical (unpaired) electrons. The molecular weight excluding hydrogens is 544 g/mol. The summed E-state index contributed by atoms with van der Waals surface area (Å²) < 4.78 is 16.3. The maximum absolute atomic E-state index is 14.2. The molecular formula is C30H30N4O8. The van der Waals surface area contributed by atoms with Gasteiger partial charge in [0, 0.05) is 24.4 Å². The SMILES string of the molecule is COCc1nc([C@H](N/C(C)=C2\C(=O)C=C3Oc4c(C(C)=O)c(O)c(C)c(O)c4[C@@]3(C)C2=O)c2ccc(OC)cc2)n[nH]1. The Morgan fingerprint density at radius 3 is 2.45 bits per heavy atom. The molecule has 0 saturated carbocycles. The van der Waals surface area contributed by atoms with Crippen molar-refractivity contribution in [3.05, 3.63) is 81.3 Å². The number of methoxy groups -OCH3 is 2. The fraction of sp³-hybridized carbons (Fsp3) is 0.300. The minimum absolute atomic E-state index is 0.0157. The van der Waals surface area contributed by atoms with E-state index >= 15 is 0 Å². The van der Waals surface area contributed by atoms with Crippen molar-refractivity contribution in [2.45, 2.75) is 45.8 Å². The van der Waals surface area contributed by atoms with Crippen molar-refractivity contribution in [2.75, 3.05) is 14.2 Å². The average Bonchev–Trinajstić information content (AvgIpc) is 3.53. The predicted molar refractivity (Wildman–Crippen MR) is 148 cm³/mol. The second-order valence-corrected chi connectivity index (χ2v) is 10.3. The van der Waals surface area contributed by atoms with E-state index in [1.165, 1.54) is 34.0 Å². The maximum Gasteiger partial charge on any atom is 0.194 e. The molecule has 4 N–H and O–H groups in total. The van der Waals surface area contributed by atoms with Crippen molar-refractivity contribution in [1.82, 2.24) is 20.5 Å². The van der Waals surface area contributed by atoms with Gasteiger partial charge in [0.1, 0.15) is 52.4 Å². The number of rotatable bonds is 8. The van der Waals surface area contributed by atoms with Gasteiger partial charge in [-0.1, -0.05) is 12.1 Å². The van der Waals surface area contributed by atoms with Gasteiger partial charge in [0.05, 0.1) is 18.2 Å². The summed E-state index contributed by atoms with van der Waals surface area (Å²) >= 11 is 0. The number of fused-ring (bicyclic) bond motifs is 3. The number of allylic oxidation sites excluding steroid dienone is 4. The van der Waals surface area contributed by atoms with Crippen LogP contribution < -0.4 is 14.8 Å². The Hall–Kier alpha value is -4.97. The number of H-pyrrole nitrogens is 1. The number of benzene rings is 2. The molecule has 2 heterocycles. The van der Waals surface area contributed by atoms with E-state index in [0.29, 0.717) is 17.4 Å². The van der Waals surface area contributed by atoms with Crippen LogP contribution in [-0.4, -0.2) is 57.0 Å². The van der Waals surface area contributed by atoms with Crippen LogP contribution in [0.2, 0.25) is 0 Å². The number of carbonyl (C=O) groups excluding carboxylic acids is 3. The first kappa shape index (κ1) is 28.6. The minimum atomic E-state index is -1.64. The molecule has 0 unspecified atom stereocenters. The van der Waals surface area contributed by atoms with Crippen molar-refractivity contribution >= 4 is 17.3 Å². The number of aromatic hydroxyl groups is 2. The smallest absolute Gasteiger partial charge is 0.194 e. The topological polar surface area (TPSA) is 173 Å². The van der Waals surface area contributed by atoms with Gasteiger partial charge >= 0.3 is 0 Å². The van der Waals surface area contributed by atoms with Crippen LogP contribution in [0.1, 0.15) is 65.5 Å². The molecule has 0 bridgehead atoms. The van der Waals surface area contributed by atoms with Gasteiger partial charge in [-0.3, -0.25) is 19.5 Å². The predicted octanol–water partition coefficient (Wildman–Crippen LogP) is 3.22. The number of ketones is 3. The van der Waals surface area contributed by atoms with Crippen LogP contribution in [0.3, 0.4) is 0 Å². The lowest BCUT2D eigenvalue weighted by atomic mass is 9.70. The van der Waals surface area contributed by atoms with E-state index in [2.05, 4.69) is 20.5 Å².